The Bertz CT molecular complexity index is 1080. The van der Waals surface area contributed by atoms with Gasteiger partial charge in [0, 0.05) is 0 Å². The second kappa shape index (κ2) is 6.14. The number of esters is 1. The zero-order valence-electron chi connectivity index (χ0n) is 16.5. The third-order valence-electron chi connectivity index (χ3n) is 7.33. The van der Waals surface area contributed by atoms with Gasteiger partial charge in [-0.2, -0.15) is 0 Å². The molecule has 1 aliphatic heterocycles. The molecule has 2 saturated carbocycles. The predicted octanol–water partition coefficient (Wildman–Crippen LogP) is 3.77. The van der Waals surface area contributed by atoms with Crippen molar-refractivity contribution < 1.29 is 19.1 Å². The summed E-state index contributed by atoms with van der Waals surface area (Å²) in [5.74, 6) is 0.945. The second-order valence-corrected chi connectivity index (χ2v) is 8.86. The summed E-state index contributed by atoms with van der Waals surface area (Å²) >= 11 is 0. The molecule has 2 aromatic carbocycles. The van der Waals surface area contributed by atoms with Crippen LogP contribution in [0.2, 0.25) is 0 Å². The van der Waals surface area contributed by atoms with Crippen LogP contribution in [0.3, 0.4) is 0 Å². The van der Waals surface area contributed by atoms with Crippen LogP contribution in [0.4, 0.5) is 5.69 Å². The molecule has 0 radical (unpaired) electrons. The molecule has 0 N–H and O–H groups in total. The van der Waals surface area contributed by atoms with Gasteiger partial charge in [-0.3, -0.25) is 14.5 Å². The van der Waals surface area contributed by atoms with Crippen molar-refractivity contribution in [2.75, 3.05) is 4.90 Å². The highest BCUT2D eigenvalue weighted by Gasteiger charge is 2.67. The lowest BCUT2D eigenvalue weighted by molar-refractivity contribution is -0.124. The molecule has 0 unspecified atom stereocenters. The Morgan fingerprint density at radius 2 is 1.50 bits per heavy atom. The molecule has 4 aliphatic carbocycles. The van der Waals surface area contributed by atoms with Crippen molar-refractivity contribution in [3.8, 4) is 5.75 Å². The van der Waals surface area contributed by atoms with Crippen molar-refractivity contribution in [2.45, 2.75) is 13.3 Å². The van der Waals surface area contributed by atoms with Gasteiger partial charge in [-0.1, -0.05) is 30.4 Å². The lowest BCUT2D eigenvalue weighted by Gasteiger charge is -2.37. The first-order valence-corrected chi connectivity index (χ1v) is 10.5. The van der Waals surface area contributed by atoms with Gasteiger partial charge in [-0.15, -0.1) is 0 Å². The zero-order chi connectivity index (χ0) is 20.6. The number of carbonyl (C=O) groups is 3. The number of ether oxygens (including phenoxy) is 1. The molecule has 5 nitrogen and oxygen atoms in total. The van der Waals surface area contributed by atoms with Crippen LogP contribution >= 0.6 is 0 Å². The van der Waals surface area contributed by atoms with Gasteiger partial charge in [0.25, 0.3) is 0 Å². The number of benzene rings is 2. The van der Waals surface area contributed by atoms with E-state index in [0.717, 1.165) is 12.0 Å². The van der Waals surface area contributed by atoms with E-state index >= 15 is 0 Å². The Labute approximate surface area is 174 Å². The van der Waals surface area contributed by atoms with Gasteiger partial charge in [-0.25, -0.2) is 4.79 Å². The summed E-state index contributed by atoms with van der Waals surface area (Å²) in [6.45, 7) is 1.86. The number of amides is 2. The fourth-order valence-corrected chi connectivity index (χ4v) is 5.84. The van der Waals surface area contributed by atoms with Crippen LogP contribution in [0.15, 0.2) is 60.7 Å². The number of nitrogens with zero attached hydrogens (tertiary/aromatic N) is 1. The number of hydrogen-bond acceptors (Lipinski definition) is 4. The summed E-state index contributed by atoms with van der Waals surface area (Å²) in [6, 6.07) is 13.9. The van der Waals surface area contributed by atoms with Crippen molar-refractivity contribution in [3.05, 3.63) is 71.8 Å². The Hall–Kier alpha value is -3.21. The maximum atomic E-state index is 13.2. The molecule has 1 saturated heterocycles. The van der Waals surface area contributed by atoms with E-state index in [1.807, 2.05) is 19.1 Å². The SMILES string of the molecule is Cc1ccccc1C(=O)Oc1ccc(N2C(=O)[C@@H]3[C@H]4C=C[C@@H]([C@@H]5C[C@H]45)[C@H]3C2=O)cc1. The minimum absolute atomic E-state index is 0.0839. The monoisotopic (exact) mass is 399 g/mol. The van der Waals surface area contributed by atoms with Crippen LogP contribution in [0.1, 0.15) is 22.3 Å². The van der Waals surface area contributed by atoms with Crippen molar-refractivity contribution in [2.24, 2.45) is 35.5 Å². The summed E-state index contributed by atoms with van der Waals surface area (Å²) < 4.78 is 5.47. The third-order valence-corrected chi connectivity index (χ3v) is 7.33. The molecular weight excluding hydrogens is 378 g/mol. The summed E-state index contributed by atoms with van der Waals surface area (Å²) in [7, 11) is 0. The molecular formula is C25H21NO4. The molecule has 7 rings (SSSR count). The molecule has 0 aromatic heterocycles. The number of allylic oxidation sites excluding steroid dienone is 2. The van der Waals surface area contributed by atoms with Gasteiger partial charge >= 0.3 is 5.97 Å². The number of carbonyl (C=O) groups excluding carboxylic acids is 3. The normalized spacial score (nSPS) is 32.8. The number of imide groups is 1. The molecule has 5 heteroatoms. The molecule has 150 valence electrons. The van der Waals surface area contributed by atoms with Crippen molar-refractivity contribution in [1.29, 1.82) is 0 Å². The average Bonchev–Trinajstić information content (AvgIpc) is 3.53. The molecule has 0 spiro atoms. The average molecular weight is 399 g/mol. The van der Waals surface area contributed by atoms with Crippen LogP contribution in [0, 0.1) is 42.4 Å². The van der Waals surface area contributed by atoms with E-state index in [1.165, 1.54) is 4.90 Å². The van der Waals surface area contributed by atoms with Crippen molar-refractivity contribution in [3.63, 3.8) is 0 Å². The zero-order valence-corrected chi connectivity index (χ0v) is 16.5. The lowest BCUT2D eigenvalue weighted by Crippen LogP contribution is -2.40. The Kier molecular flexibility index (Phi) is 3.61. The number of aryl methyl sites for hydroxylation is 1. The van der Waals surface area contributed by atoms with Gasteiger partial charge in [0.1, 0.15) is 5.75 Å². The molecule has 3 fully saturated rings. The van der Waals surface area contributed by atoms with Gasteiger partial charge in [-0.05, 0) is 72.9 Å². The number of anilines is 1. The Morgan fingerprint density at radius 1 is 0.900 bits per heavy atom. The Morgan fingerprint density at radius 3 is 2.10 bits per heavy atom. The highest BCUT2D eigenvalue weighted by molar-refractivity contribution is 6.22. The van der Waals surface area contributed by atoms with Gasteiger partial charge in [0.2, 0.25) is 11.8 Å². The smallest absolute Gasteiger partial charge is 0.343 e. The quantitative estimate of drug-likeness (QED) is 0.341. The van der Waals surface area contributed by atoms with Crippen LogP contribution in [-0.2, 0) is 9.59 Å². The molecule has 2 amide bonds. The van der Waals surface area contributed by atoms with E-state index < -0.39 is 5.97 Å². The maximum Gasteiger partial charge on any atom is 0.343 e. The van der Waals surface area contributed by atoms with Crippen molar-refractivity contribution in [1.82, 2.24) is 0 Å². The maximum absolute atomic E-state index is 13.2. The Balaban J connectivity index is 1.23. The summed E-state index contributed by atoms with van der Waals surface area (Å²) in [5, 5.41) is 0. The molecule has 2 bridgehead atoms. The minimum Gasteiger partial charge on any atom is -0.423 e. The number of rotatable bonds is 3. The fourth-order valence-electron chi connectivity index (χ4n) is 5.84. The van der Waals surface area contributed by atoms with Gasteiger partial charge in [0.15, 0.2) is 0 Å². The summed E-state index contributed by atoms with van der Waals surface area (Å²) in [5.41, 5.74) is 1.90. The van der Waals surface area contributed by atoms with Crippen LogP contribution < -0.4 is 9.64 Å². The number of hydrogen-bond donors (Lipinski definition) is 0. The molecule has 2 aromatic rings. The second-order valence-electron chi connectivity index (χ2n) is 8.86. The highest BCUT2D eigenvalue weighted by atomic mass is 16.5. The largest absolute Gasteiger partial charge is 0.423 e. The molecule has 1 heterocycles. The molecule has 6 atom stereocenters. The fraction of sp³-hybridized carbons (Fsp3) is 0.320. The van der Waals surface area contributed by atoms with Crippen LogP contribution in [0.25, 0.3) is 0 Å². The van der Waals surface area contributed by atoms with Crippen molar-refractivity contribution >= 4 is 23.5 Å². The van der Waals surface area contributed by atoms with E-state index in [-0.39, 0.29) is 35.5 Å². The first-order valence-electron chi connectivity index (χ1n) is 10.5. The minimum atomic E-state index is -0.429. The van der Waals surface area contributed by atoms with E-state index in [2.05, 4.69) is 12.2 Å². The standard InChI is InChI=1S/C25H21NO4/c1-13-4-2-3-5-16(13)25(29)30-15-8-6-14(7-9-15)26-23(27)21-17-10-11-18(20-12-19(17)20)22(21)24(26)28/h2-11,17-22H,12H2,1H3/t17-,18-,19-,20+,21+,22+/m0/s1. The first kappa shape index (κ1) is 17.6. The third kappa shape index (κ3) is 2.38. The lowest BCUT2D eigenvalue weighted by atomic mass is 9.63. The topological polar surface area (TPSA) is 63.7 Å². The molecule has 5 aliphatic rings. The van der Waals surface area contributed by atoms with E-state index in [1.54, 1.807) is 36.4 Å². The van der Waals surface area contributed by atoms with Crippen LogP contribution in [-0.4, -0.2) is 17.8 Å². The van der Waals surface area contributed by atoms with E-state index in [0.29, 0.717) is 28.8 Å². The van der Waals surface area contributed by atoms with Gasteiger partial charge in [0.05, 0.1) is 23.1 Å². The summed E-state index contributed by atoms with van der Waals surface area (Å²) in [4.78, 5) is 40.1. The first-order chi connectivity index (χ1) is 14.5. The predicted molar refractivity (Wildman–Crippen MR) is 110 cm³/mol. The van der Waals surface area contributed by atoms with E-state index in [4.69, 9.17) is 4.74 Å². The highest BCUT2D eigenvalue weighted by Crippen LogP contribution is 2.65. The van der Waals surface area contributed by atoms with Crippen LogP contribution in [0.5, 0.6) is 5.75 Å². The summed E-state index contributed by atoms with van der Waals surface area (Å²) in [6.07, 6.45) is 5.49. The van der Waals surface area contributed by atoms with Gasteiger partial charge < -0.3 is 4.74 Å². The molecule has 30 heavy (non-hydrogen) atoms. The van der Waals surface area contributed by atoms with E-state index in [9.17, 15) is 14.4 Å².